The van der Waals surface area contributed by atoms with Gasteiger partial charge in [0.05, 0.1) is 5.75 Å². The number of sulfonamides is 1. The highest BCUT2D eigenvalue weighted by atomic mass is 35.5. The van der Waals surface area contributed by atoms with Gasteiger partial charge in [-0.05, 0) is 31.9 Å². The molecule has 6 heteroatoms. The van der Waals surface area contributed by atoms with Gasteiger partial charge in [0.1, 0.15) is 0 Å². The molecule has 0 atom stereocenters. The Morgan fingerprint density at radius 2 is 1.89 bits per heavy atom. The Kier molecular flexibility index (Phi) is 7.36. The van der Waals surface area contributed by atoms with E-state index in [1.165, 1.54) is 19.3 Å². The van der Waals surface area contributed by atoms with Gasteiger partial charge in [0.2, 0.25) is 10.0 Å². The molecule has 0 radical (unpaired) electrons. The average Bonchev–Trinajstić information content (AvgIpc) is 2.38. The number of alkyl halides is 1. The molecule has 1 aliphatic carbocycles. The molecule has 0 saturated heterocycles. The van der Waals surface area contributed by atoms with Gasteiger partial charge in [-0.1, -0.05) is 19.3 Å². The fraction of sp³-hybridized carbons (Fsp3) is 1.00. The highest BCUT2D eigenvalue weighted by Gasteiger charge is 2.32. The summed E-state index contributed by atoms with van der Waals surface area (Å²) in [6.07, 6.45) is 9.46. The highest BCUT2D eigenvalue weighted by molar-refractivity contribution is 8.00. The maximum atomic E-state index is 11.8. The minimum absolute atomic E-state index is 0.123. The monoisotopic (exact) mass is 313 g/mol. The largest absolute Gasteiger partial charge is 0.214 e. The molecule has 3 nitrogen and oxygen atoms in total. The van der Waals surface area contributed by atoms with Crippen LogP contribution in [0.5, 0.6) is 0 Å². The molecule has 0 unspecified atom stereocenters. The number of unbranched alkanes of at least 4 members (excludes halogenated alkanes) is 1. The lowest BCUT2D eigenvalue weighted by molar-refractivity contribution is 0.395. The number of hydrogen-bond donors (Lipinski definition) is 1. The maximum absolute atomic E-state index is 11.8. The Balaban J connectivity index is 2.41. The second-order valence-corrected chi connectivity index (χ2v) is 8.56. The molecule has 0 amide bonds. The molecule has 0 spiro atoms. The molecule has 0 aromatic heterocycles. The van der Waals surface area contributed by atoms with E-state index < -0.39 is 10.0 Å². The number of hydrogen-bond acceptors (Lipinski definition) is 3. The Labute approximate surface area is 120 Å². The van der Waals surface area contributed by atoms with Crippen LogP contribution in [0, 0.1) is 0 Å². The molecule has 18 heavy (non-hydrogen) atoms. The minimum Gasteiger partial charge on any atom is -0.214 e. The SMILES string of the molecule is CSC1(CNS(=O)(=O)CCCCCl)CCCCC1. The molecule has 1 fully saturated rings. The Bertz CT molecular complexity index is 327. The van der Waals surface area contributed by atoms with E-state index in [0.29, 0.717) is 18.8 Å². The summed E-state index contributed by atoms with van der Waals surface area (Å²) in [7, 11) is -3.12. The summed E-state index contributed by atoms with van der Waals surface area (Å²) >= 11 is 7.37. The van der Waals surface area contributed by atoms with Crippen molar-refractivity contribution in [1.29, 1.82) is 0 Å². The Morgan fingerprint density at radius 1 is 1.22 bits per heavy atom. The van der Waals surface area contributed by atoms with Crippen LogP contribution in [0.4, 0.5) is 0 Å². The van der Waals surface area contributed by atoms with Crippen LogP contribution in [-0.4, -0.2) is 37.6 Å². The molecule has 0 bridgehead atoms. The molecule has 1 saturated carbocycles. The standard InChI is InChI=1S/C12H24ClNO2S2/c1-17-12(7-3-2-4-8-12)11-14-18(15,16)10-6-5-9-13/h14H,2-11H2,1H3. The summed E-state index contributed by atoms with van der Waals surface area (Å²) in [4.78, 5) is 0. The second-order valence-electron chi connectivity index (χ2n) is 4.98. The van der Waals surface area contributed by atoms with Gasteiger partial charge in [-0.25, -0.2) is 13.1 Å². The van der Waals surface area contributed by atoms with Crippen LogP contribution in [0.25, 0.3) is 0 Å². The first-order chi connectivity index (χ1) is 8.54. The molecule has 0 heterocycles. The van der Waals surface area contributed by atoms with Gasteiger partial charge in [0.25, 0.3) is 0 Å². The van der Waals surface area contributed by atoms with Crippen molar-refractivity contribution in [3.8, 4) is 0 Å². The van der Waals surface area contributed by atoms with Crippen LogP contribution >= 0.6 is 23.4 Å². The van der Waals surface area contributed by atoms with Gasteiger partial charge in [-0.2, -0.15) is 11.8 Å². The average molecular weight is 314 g/mol. The zero-order valence-corrected chi connectivity index (χ0v) is 13.5. The van der Waals surface area contributed by atoms with Crippen LogP contribution in [-0.2, 0) is 10.0 Å². The first kappa shape index (κ1) is 16.6. The summed E-state index contributed by atoms with van der Waals surface area (Å²) in [5, 5.41) is 0. The van der Waals surface area contributed by atoms with Crippen molar-refractivity contribution in [2.75, 3.05) is 24.4 Å². The van der Waals surface area contributed by atoms with Gasteiger partial charge in [-0.3, -0.25) is 0 Å². The fourth-order valence-corrected chi connectivity index (χ4v) is 4.77. The van der Waals surface area contributed by atoms with Crippen LogP contribution in [0.15, 0.2) is 0 Å². The van der Waals surface area contributed by atoms with Gasteiger partial charge in [0.15, 0.2) is 0 Å². The molecule has 108 valence electrons. The zero-order valence-electron chi connectivity index (χ0n) is 11.1. The molecular formula is C12H24ClNO2S2. The predicted octanol–water partition coefficient (Wildman–Crippen LogP) is 2.99. The van der Waals surface area contributed by atoms with E-state index in [1.54, 1.807) is 0 Å². The van der Waals surface area contributed by atoms with Gasteiger partial charge < -0.3 is 0 Å². The molecular weight excluding hydrogens is 290 g/mol. The van der Waals surface area contributed by atoms with Crippen LogP contribution in [0.1, 0.15) is 44.9 Å². The second kappa shape index (κ2) is 7.98. The number of nitrogens with one attached hydrogen (secondary N) is 1. The van der Waals surface area contributed by atoms with E-state index >= 15 is 0 Å². The zero-order chi connectivity index (χ0) is 13.5. The summed E-state index contributed by atoms with van der Waals surface area (Å²) < 4.78 is 26.6. The maximum Gasteiger partial charge on any atom is 0.211 e. The van der Waals surface area contributed by atoms with Crippen molar-refractivity contribution in [2.45, 2.75) is 49.7 Å². The summed E-state index contributed by atoms with van der Waals surface area (Å²) in [5.41, 5.74) is 0. The van der Waals surface area contributed by atoms with Crippen molar-refractivity contribution >= 4 is 33.4 Å². The van der Waals surface area contributed by atoms with Gasteiger partial charge in [0, 0.05) is 17.2 Å². The number of thioether (sulfide) groups is 1. The lowest BCUT2D eigenvalue weighted by Crippen LogP contribution is -2.42. The van der Waals surface area contributed by atoms with Crippen molar-refractivity contribution in [3.63, 3.8) is 0 Å². The highest BCUT2D eigenvalue weighted by Crippen LogP contribution is 2.38. The fourth-order valence-electron chi connectivity index (χ4n) is 2.35. The topological polar surface area (TPSA) is 46.2 Å². The molecule has 0 aromatic rings. The third-order valence-corrected chi connectivity index (χ3v) is 6.70. The van der Waals surface area contributed by atoms with Crippen LogP contribution < -0.4 is 4.72 Å². The van der Waals surface area contributed by atoms with E-state index in [-0.39, 0.29) is 10.5 Å². The van der Waals surface area contributed by atoms with Crippen molar-refractivity contribution in [1.82, 2.24) is 4.72 Å². The summed E-state index contributed by atoms with van der Waals surface area (Å²) in [6.45, 7) is 0.581. The Morgan fingerprint density at radius 3 is 2.44 bits per heavy atom. The molecule has 1 aliphatic rings. The lowest BCUT2D eigenvalue weighted by atomic mass is 9.88. The van der Waals surface area contributed by atoms with Crippen molar-refractivity contribution in [2.24, 2.45) is 0 Å². The third-order valence-electron chi connectivity index (χ3n) is 3.61. The quantitative estimate of drug-likeness (QED) is 0.553. The molecule has 1 N–H and O–H groups in total. The van der Waals surface area contributed by atoms with E-state index in [0.717, 1.165) is 19.3 Å². The Hall–Kier alpha value is 0.550. The molecule has 0 aromatic carbocycles. The third kappa shape index (κ3) is 5.68. The first-order valence-corrected chi connectivity index (χ1v) is 10.0. The number of rotatable bonds is 8. The van der Waals surface area contributed by atoms with Gasteiger partial charge >= 0.3 is 0 Å². The van der Waals surface area contributed by atoms with Crippen molar-refractivity contribution in [3.05, 3.63) is 0 Å². The molecule has 0 aliphatic heterocycles. The minimum atomic E-state index is -3.12. The van der Waals surface area contributed by atoms with Crippen molar-refractivity contribution < 1.29 is 8.42 Å². The normalized spacial score (nSPS) is 19.9. The smallest absolute Gasteiger partial charge is 0.211 e. The molecule has 1 rings (SSSR count). The first-order valence-electron chi connectivity index (χ1n) is 6.62. The summed E-state index contributed by atoms with van der Waals surface area (Å²) in [6, 6.07) is 0. The van der Waals surface area contributed by atoms with Crippen LogP contribution in [0.2, 0.25) is 0 Å². The number of halogens is 1. The lowest BCUT2D eigenvalue weighted by Gasteiger charge is -2.35. The summed E-state index contributed by atoms with van der Waals surface area (Å²) in [5.74, 6) is 0.731. The van der Waals surface area contributed by atoms with E-state index in [2.05, 4.69) is 11.0 Å². The van der Waals surface area contributed by atoms with Gasteiger partial charge in [-0.15, -0.1) is 11.6 Å². The van der Waals surface area contributed by atoms with E-state index in [1.807, 2.05) is 11.8 Å². The predicted molar refractivity (Wildman–Crippen MR) is 81.1 cm³/mol. The van der Waals surface area contributed by atoms with E-state index in [9.17, 15) is 8.42 Å². The van der Waals surface area contributed by atoms with Crippen LogP contribution in [0.3, 0.4) is 0 Å². The van der Waals surface area contributed by atoms with E-state index in [4.69, 9.17) is 11.6 Å².